The molecule has 0 aliphatic heterocycles. The second-order valence-electron chi connectivity index (χ2n) is 5.57. The Labute approximate surface area is 166 Å². The van der Waals surface area contributed by atoms with Gasteiger partial charge in [-0.1, -0.05) is 12.1 Å². The highest BCUT2D eigenvalue weighted by molar-refractivity contribution is 5.96. The Morgan fingerprint density at radius 1 is 1.03 bits per heavy atom. The van der Waals surface area contributed by atoms with Crippen LogP contribution in [0.3, 0.4) is 0 Å². The molecule has 8 heteroatoms. The average molecular weight is 395 g/mol. The summed E-state index contributed by atoms with van der Waals surface area (Å²) < 4.78 is 15.3. The molecule has 0 heterocycles. The molecule has 0 amide bonds. The summed E-state index contributed by atoms with van der Waals surface area (Å²) in [7, 11) is 2.79. The number of carbonyl (C=O) groups excluding carboxylic acids is 1. The summed E-state index contributed by atoms with van der Waals surface area (Å²) in [4.78, 5) is 22.8. The van der Waals surface area contributed by atoms with E-state index in [4.69, 9.17) is 24.6 Å². The van der Waals surface area contributed by atoms with E-state index in [0.717, 1.165) is 0 Å². The first kappa shape index (κ1) is 21.1. The molecule has 0 aliphatic carbocycles. The van der Waals surface area contributed by atoms with E-state index in [9.17, 15) is 14.7 Å². The van der Waals surface area contributed by atoms with Crippen LogP contribution in [0.15, 0.2) is 48.0 Å². The van der Waals surface area contributed by atoms with E-state index in [1.807, 2.05) is 0 Å². The summed E-state index contributed by atoms with van der Waals surface area (Å²) in [5.41, 5.74) is 0.617. The van der Waals surface area contributed by atoms with Gasteiger partial charge < -0.3 is 24.4 Å². The maximum atomic E-state index is 12.0. The van der Waals surface area contributed by atoms with Crippen LogP contribution in [0.5, 0.6) is 23.0 Å². The van der Waals surface area contributed by atoms with E-state index in [1.54, 1.807) is 6.07 Å². The van der Waals surface area contributed by atoms with E-state index in [2.05, 4.69) is 0 Å². The minimum Gasteiger partial charge on any atom is -0.502 e. The van der Waals surface area contributed by atoms with E-state index in [1.165, 1.54) is 68.8 Å². The molecule has 0 spiro atoms. The second-order valence-corrected chi connectivity index (χ2v) is 5.57. The van der Waals surface area contributed by atoms with Gasteiger partial charge in [0, 0.05) is 6.08 Å². The van der Waals surface area contributed by atoms with Crippen LogP contribution in [0.25, 0.3) is 12.2 Å². The van der Waals surface area contributed by atoms with Gasteiger partial charge in [-0.25, -0.2) is 9.59 Å². The van der Waals surface area contributed by atoms with E-state index in [-0.39, 0.29) is 23.0 Å². The Hall–Kier alpha value is -4.25. The van der Waals surface area contributed by atoms with E-state index in [0.29, 0.717) is 11.1 Å². The van der Waals surface area contributed by atoms with Crippen molar-refractivity contribution < 1.29 is 34.0 Å². The molecule has 2 rings (SSSR count). The highest BCUT2D eigenvalue weighted by Crippen LogP contribution is 2.37. The van der Waals surface area contributed by atoms with Crippen LogP contribution < -0.4 is 14.2 Å². The van der Waals surface area contributed by atoms with Crippen molar-refractivity contribution in [3.63, 3.8) is 0 Å². The number of hydrogen-bond acceptors (Lipinski definition) is 7. The van der Waals surface area contributed by atoms with Crippen molar-refractivity contribution in [2.75, 3.05) is 14.2 Å². The van der Waals surface area contributed by atoms with Gasteiger partial charge in [-0.2, -0.15) is 5.26 Å². The maximum Gasteiger partial charge on any atom is 0.346 e. The monoisotopic (exact) mass is 395 g/mol. The number of phenolic OH excluding ortho intramolecular Hbond substituents is 1. The fourth-order valence-corrected chi connectivity index (χ4v) is 2.27. The maximum absolute atomic E-state index is 12.0. The molecule has 0 aromatic heterocycles. The Morgan fingerprint density at radius 3 is 2.10 bits per heavy atom. The lowest BCUT2D eigenvalue weighted by Crippen LogP contribution is -2.03. The minimum absolute atomic E-state index is 0.147. The number of nitrogens with zero attached hydrogens (tertiary/aromatic N) is 1. The fourth-order valence-electron chi connectivity index (χ4n) is 2.27. The first-order valence-corrected chi connectivity index (χ1v) is 8.18. The predicted molar refractivity (Wildman–Crippen MR) is 104 cm³/mol. The summed E-state index contributed by atoms with van der Waals surface area (Å²) >= 11 is 0. The van der Waals surface area contributed by atoms with Crippen molar-refractivity contribution in [2.24, 2.45) is 0 Å². The Bertz CT molecular complexity index is 989. The molecule has 0 aliphatic rings. The minimum atomic E-state index is -1.32. The predicted octanol–water partition coefficient (Wildman–Crippen LogP) is 3.02. The third-order valence-corrected chi connectivity index (χ3v) is 3.67. The number of carboxylic acid groups (broad SMARTS) is 1. The van der Waals surface area contributed by atoms with Gasteiger partial charge in [0.25, 0.3) is 0 Å². The number of ether oxygens (including phenoxy) is 3. The lowest BCUT2D eigenvalue weighted by atomic mass is 10.1. The van der Waals surface area contributed by atoms with Crippen LogP contribution in [0.2, 0.25) is 0 Å². The number of methoxy groups -OCH3 is 2. The van der Waals surface area contributed by atoms with Crippen LogP contribution in [0.4, 0.5) is 0 Å². The highest BCUT2D eigenvalue weighted by Gasteiger charge is 2.10. The molecule has 0 saturated heterocycles. The number of phenols is 1. The van der Waals surface area contributed by atoms with Gasteiger partial charge in [0.1, 0.15) is 17.4 Å². The number of carboxylic acids is 1. The van der Waals surface area contributed by atoms with Crippen molar-refractivity contribution >= 4 is 24.1 Å². The van der Waals surface area contributed by atoms with Gasteiger partial charge in [0.05, 0.1) is 14.2 Å². The quantitative estimate of drug-likeness (QED) is 0.317. The molecule has 8 nitrogen and oxygen atoms in total. The Morgan fingerprint density at radius 2 is 1.62 bits per heavy atom. The SMILES string of the molecule is COc1cc(C=CC(=O)Oc2ccc(C=C(C#N)C(=O)O)cc2)cc(OC)c1O. The molecular weight excluding hydrogens is 378 g/mol. The molecule has 0 fully saturated rings. The van der Waals surface area contributed by atoms with Crippen molar-refractivity contribution in [3.8, 4) is 29.1 Å². The molecule has 0 unspecified atom stereocenters. The molecule has 2 aromatic carbocycles. The van der Waals surface area contributed by atoms with Gasteiger partial charge in [0.15, 0.2) is 11.5 Å². The Kier molecular flexibility index (Phi) is 6.98. The van der Waals surface area contributed by atoms with Gasteiger partial charge >= 0.3 is 11.9 Å². The second kappa shape index (κ2) is 9.62. The van der Waals surface area contributed by atoms with E-state index < -0.39 is 17.5 Å². The normalized spacial score (nSPS) is 11.0. The standard InChI is InChI=1S/C21H17NO7/c1-27-17-10-14(11-18(28-2)20(17)24)5-8-19(23)29-16-6-3-13(4-7-16)9-15(12-22)21(25)26/h3-11,24H,1-2H3,(H,25,26). The number of aromatic hydroxyl groups is 1. The zero-order valence-electron chi connectivity index (χ0n) is 15.6. The van der Waals surface area contributed by atoms with Crippen molar-refractivity contribution in [3.05, 3.63) is 59.2 Å². The number of carbonyl (C=O) groups is 2. The van der Waals surface area contributed by atoms with Crippen LogP contribution in [-0.2, 0) is 9.59 Å². The third-order valence-electron chi connectivity index (χ3n) is 3.67. The molecule has 0 saturated carbocycles. The number of nitriles is 1. The van der Waals surface area contributed by atoms with Crippen LogP contribution >= 0.6 is 0 Å². The summed E-state index contributed by atoms with van der Waals surface area (Å²) in [6.07, 6.45) is 3.87. The first-order chi connectivity index (χ1) is 13.9. The summed E-state index contributed by atoms with van der Waals surface area (Å²) in [5.74, 6) is -1.49. The summed E-state index contributed by atoms with van der Waals surface area (Å²) in [6, 6.07) is 10.6. The number of benzene rings is 2. The summed E-state index contributed by atoms with van der Waals surface area (Å²) in [5, 5.41) is 27.5. The Balaban J connectivity index is 2.10. The van der Waals surface area contributed by atoms with Gasteiger partial charge in [-0.3, -0.25) is 0 Å². The van der Waals surface area contributed by atoms with Crippen molar-refractivity contribution in [1.29, 1.82) is 5.26 Å². The molecule has 148 valence electrons. The molecule has 0 bridgehead atoms. The number of esters is 1. The first-order valence-electron chi connectivity index (χ1n) is 8.18. The number of rotatable bonds is 7. The average Bonchev–Trinajstić information content (AvgIpc) is 2.72. The lowest BCUT2D eigenvalue weighted by molar-refractivity contribution is -0.132. The molecule has 2 N–H and O–H groups in total. The molecule has 2 aromatic rings. The molecule has 0 atom stereocenters. The summed E-state index contributed by atoms with van der Waals surface area (Å²) in [6.45, 7) is 0. The zero-order chi connectivity index (χ0) is 21.4. The van der Waals surface area contributed by atoms with Gasteiger partial charge in [0.2, 0.25) is 5.75 Å². The highest BCUT2D eigenvalue weighted by atomic mass is 16.5. The molecule has 0 radical (unpaired) electrons. The van der Waals surface area contributed by atoms with Crippen LogP contribution in [-0.4, -0.2) is 36.4 Å². The molecular formula is C21H17NO7. The van der Waals surface area contributed by atoms with Crippen molar-refractivity contribution in [2.45, 2.75) is 0 Å². The zero-order valence-corrected chi connectivity index (χ0v) is 15.6. The van der Waals surface area contributed by atoms with Gasteiger partial charge in [-0.15, -0.1) is 0 Å². The van der Waals surface area contributed by atoms with Crippen LogP contribution in [0.1, 0.15) is 11.1 Å². The third kappa shape index (κ3) is 5.61. The number of aliphatic carboxylic acids is 1. The lowest BCUT2D eigenvalue weighted by Gasteiger charge is -2.09. The molecule has 29 heavy (non-hydrogen) atoms. The van der Waals surface area contributed by atoms with Crippen molar-refractivity contribution in [1.82, 2.24) is 0 Å². The largest absolute Gasteiger partial charge is 0.502 e. The van der Waals surface area contributed by atoms with Gasteiger partial charge in [-0.05, 0) is 47.5 Å². The smallest absolute Gasteiger partial charge is 0.346 e. The fraction of sp³-hybridized carbons (Fsp3) is 0.0952. The van der Waals surface area contributed by atoms with E-state index >= 15 is 0 Å². The topological polar surface area (TPSA) is 126 Å². The van der Waals surface area contributed by atoms with Crippen LogP contribution in [0, 0.1) is 11.3 Å². The number of hydrogen-bond donors (Lipinski definition) is 2.